The number of halogens is 2. The number of nitrogens with one attached hydrogen (secondary N) is 1. The number of hydrogen-bond donors (Lipinski definition) is 1. The number of aromatic nitrogens is 1. The van der Waals surface area contributed by atoms with Crippen LogP contribution in [0.1, 0.15) is 10.6 Å². The molecule has 0 saturated heterocycles. The Morgan fingerprint density at radius 3 is 2.89 bits per heavy atom. The molecule has 0 saturated carbocycles. The Morgan fingerprint density at radius 1 is 1.47 bits per heavy atom. The normalized spacial score (nSPS) is 10.7. The van der Waals surface area contributed by atoms with Crippen molar-refractivity contribution in [3.8, 4) is 0 Å². The number of hydrogen-bond acceptors (Lipinski definition) is 4. The summed E-state index contributed by atoms with van der Waals surface area (Å²) in [6.07, 6.45) is 0. The second kappa shape index (κ2) is 6.70. The smallest absolute Gasteiger partial charge is 0.129 e. The SMILES string of the molecule is CNCc1nc(N(C)Cc2cc(Br)cs2)ccc1Cl. The summed E-state index contributed by atoms with van der Waals surface area (Å²) in [5, 5.41) is 5.86. The fraction of sp³-hybridized carbons (Fsp3) is 0.308. The highest BCUT2D eigenvalue weighted by Gasteiger charge is 2.08. The Bertz CT molecular complexity index is 559. The monoisotopic (exact) mass is 359 g/mol. The minimum atomic E-state index is 0.672. The highest BCUT2D eigenvalue weighted by atomic mass is 79.9. The fourth-order valence-corrected chi connectivity index (χ4v) is 3.40. The molecule has 0 spiro atoms. The number of nitrogens with zero attached hydrogens (tertiary/aromatic N) is 2. The molecule has 102 valence electrons. The van der Waals surface area contributed by atoms with Crippen molar-refractivity contribution in [2.45, 2.75) is 13.1 Å². The lowest BCUT2D eigenvalue weighted by atomic mass is 10.3. The number of pyridine rings is 1. The first-order chi connectivity index (χ1) is 9.10. The van der Waals surface area contributed by atoms with E-state index in [1.807, 2.05) is 26.2 Å². The molecule has 19 heavy (non-hydrogen) atoms. The molecule has 2 aromatic rings. The summed E-state index contributed by atoms with van der Waals surface area (Å²) in [6, 6.07) is 5.98. The zero-order valence-corrected chi connectivity index (χ0v) is 13.9. The molecule has 0 aliphatic rings. The van der Waals surface area contributed by atoms with E-state index < -0.39 is 0 Å². The molecule has 0 atom stereocenters. The van der Waals surface area contributed by atoms with E-state index in [0.717, 1.165) is 22.5 Å². The molecule has 2 aromatic heterocycles. The maximum Gasteiger partial charge on any atom is 0.129 e. The lowest BCUT2D eigenvalue weighted by molar-refractivity contribution is 0.784. The highest BCUT2D eigenvalue weighted by Crippen LogP contribution is 2.24. The Balaban J connectivity index is 2.14. The van der Waals surface area contributed by atoms with Crippen molar-refractivity contribution in [2.24, 2.45) is 0 Å². The van der Waals surface area contributed by atoms with Gasteiger partial charge in [-0.25, -0.2) is 4.98 Å². The van der Waals surface area contributed by atoms with Crippen LogP contribution in [0, 0.1) is 0 Å². The van der Waals surface area contributed by atoms with E-state index in [-0.39, 0.29) is 0 Å². The van der Waals surface area contributed by atoms with Gasteiger partial charge in [0.15, 0.2) is 0 Å². The summed E-state index contributed by atoms with van der Waals surface area (Å²) in [7, 11) is 3.92. The Morgan fingerprint density at radius 2 is 2.26 bits per heavy atom. The van der Waals surface area contributed by atoms with Crippen molar-refractivity contribution in [1.82, 2.24) is 10.3 Å². The van der Waals surface area contributed by atoms with Gasteiger partial charge in [-0.3, -0.25) is 0 Å². The Hall–Kier alpha value is -0.620. The summed E-state index contributed by atoms with van der Waals surface area (Å²) in [4.78, 5) is 8.00. The van der Waals surface area contributed by atoms with Gasteiger partial charge in [0.2, 0.25) is 0 Å². The molecule has 0 unspecified atom stereocenters. The minimum absolute atomic E-state index is 0.672. The Kier molecular flexibility index (Phi) is 5.21. The number of rotatable bonds is 5. The van der Waals surface area contributed by atoms with Crippen LogP contribution < -0.4 is 10.2 Å². The highest BCUT2D eigenvalue weighted by molar-refractivity contribution is 9.10. The van der Waals surface area contributed by atoms with Gasteiger partial charge in [-0.1, -0.05) is 11.6 Å². The maximum atomic E-state index is 6.12. The van der Waals surface area contributed by atoms with Crippen LogP contribution in [0.15, 0.2) is 28.1 Å². The Labute approximate surface area is 130 Å². The van der Waals surface area contributed by atoms with Crippen LogP contribution in [-0.2, 0) is 13.1 Å². The van der Waals surface area contributed by atoms with Gasteiger partial charge in [0.25, 0.3) is 0 Å². The summed E-state index contributed by atoms with van der Waals surface area (Å²) in [6.45, 7) is 1.51. The molecule has 1 N–H and O–H groups in total. The second-order valence-electron chi connectivity index (χ2n) is 4.22. The van der Waals surface area contributed by atoms with Crippen LogP contribution in [0.4, 0.5) is 5.82 Å². The molecule has 0 aliphatic heterocycles. The van der Waals surface area contributed by atoms with E-state index in [1.54, 1.807) is 11.3 Å². The van der Waals surface area contributed by atoms with Gasteiger partial charge in [-0.2, -0.15) is 0 Å². The standard InChI is InChI=1S/C13H15BrClN3S/c1-16-6-12-11(15)3-4-13(17-12)18(2)7-10-5-9(14)8-19-10/h3-5,8,16H,6-7H2,1-2H3. The van der Waals surface area contributed by atoms with E-state index in [0.29, 0.717) is 11.6 Å². The second-order valence-corrected chi connectivity index (χ2v) is 6.53. The van der Waals surface area contributed by atoms with Gasteiger partial charge >= 0.3 is 0 Å². The zero-order chi connectivity index (χ0) is 13.8. The maximum absolute atomic E-state index is 6.12. The summed E-state index contributed by atoms with van der Waals surface area (Å²) >= 11 is 11.3. The first-order valence-electron chi connectivity index (χ1n) is 5.84. The molecule has 0 aliphatic carbocycles. The summed E-state index contributed by atoms with van der Waals surface area (Å²) < 4.78 is 1.13. The van der Waals surface area contributed by atoms with E-state index >= 15 is 0 Å². The molecule has 0 amide bonds. The van der Waals surface area contributed by atoms with Crippen molar-refractivity contribution in [3.05, 3.63) is 43.6 Å². The largest absolute Gasteiger partial charge is 0.355 e. The molecule has 3 nitrogen and oxygen atoms in total. The quantitative estimate of drug-likeness (QED) is 0.876. The molecule has 0 fully saturated rings. The topological polar surface area (TPSA) is 28.2 Å². The van der Waals surface area contributed by atoms with E-state index in [1.165, 1.54) is 4.88 Å². The van der Waals surface area contributed by atoms with Crippen LogP contribution in [0.25, 0.3) is 0 Å². The van der Waals surface area contributed by atoms with Gasteiger partial charge in [-0.15, -0.1) is 11.3 Å². The number of thiophene rings is 1. The average molecular weight is 361 g/mol. The summed E-state index contributed by atoms with van der Waals surface area (Å²) in [5.41, 5.74) is 0.876. The fourth-order valence-electron chi connectivity index (χ4n) is 1.73. The van der Waals surface area contributed by atoms with E-state index in [4.69, 9.17) is 11.6 Å². The lowest BCUT2D eigenvalue weighted by Crippen LogP contribution is -2.18. The lowest BCUT2D eigenvalue weighted by Gasteiger charge is -2.18. The molecular weight excluding hydrogens is 346 g/mol. The van der Waals surface area contributed by atoms with E-state index in [2.05, 4.69) is 42.6 Å². The zero-order valence-electron chi connectivity index (χ0n) is 10.8. The third-order valence-electron chi connectivity index (χ3n) is 2.65. The van der Waals surface area contributed by atoms with Gasteiger partial charge in [0.05, 0.1) is 17.3 Å². The first-order valence-corrected chi connectivity index (χ1v) is 7.89. The van der Waals surface area contributed by atoms with Gasteiger partial charge in [-0.05, 0) is 41.2 Å². The van der Waals surface area contributed by atoms with Crippen molar-refractivity contribution < 1.29 is 0 Å². The third-order valence-corrected chi connectivity index (χ3v) is 4.68. The van der Waals surface area contributed by atoms with Crippen LogP contribution in [0.3, 0.4) is 0 Å². The van der Waals surface area contributed by atoms with Crippen molar-refractivity contribution in [1.29, 1.82) is 0 Å². The molecule has 0 aromatic carbocycles. The van der Waals surface area contributed by atoms with Gasteiger partial charge in [0, 0.05) is 28.3 Å². The van der Waals surface area contributed by atoms with Gasteiger partial charge < -0.3 is 10.2 Å². The van der Waals surface area contributed by atoms with Crippen molar-refractivity contribution in [3.63, 3.8) is 0 Å². The first kappa shape index (κ1) is 14.8. The summed E-state index contributed by atoms with van der Waals surface area (Å²) in [5.74, 6) is 0.930. The van der Waals surface area contributed by atoms with Crippen LogP contribution in [0.5, 0.6) is 0 Å². The molecule has 2 heterocycles. The van der Waals surface area contributed by atoms with Gasteiger partial charge in [0.1, 0.15) is 5.82 Å². The molecule has 0 radical (unpaired) electrons. The minimum Gasteiger partial charge on any atom is -0.355 e. The van der Waals surface area contributed by atoms with Crippen molar-refractivity contribution in [2.75, 3.05) is 19.0 Å². The van der Waals surface area contributed by atoms with Crippen LogP contribution in [0.2, 0.25) is 5.02 Å². The van der Waals surface area contributed by atoms with Crippen LogP contribution >= 0.6 is 38.9 Å². The molecule has 0 bridgehead atoms. The predicted molar refractivity (Wildman–Crippen MR) is 86.1 cm³/mol. The molecular formula is C13H15BrClN3S. The third kappa shape index (κ3) is 3.92. The van der Waals surface area contributed by atoms with Crippen LogP contribution in [-0.4, -0.2) is 19.1 Å². The predicted octanol–water partition coefficient (Wildman–Crippen LogP) is 3.91. The average Bonchev–Trinajstić information content (AvgIpc) is 2.77. The van der Waals surface area contributed by atoms with Crippen molar-refractivity contribution >= 4 is 44.7 Å². The van der Waals surface area contributed by atoms with E-state index in [9.17, 15) is 0 Å². The molecule has 2 rings (SSSR count). The number of anilines is 1. The molecule has 6 heteroatoms.